The van der Waals surface area contributed by atoms with E-state index in [-0.39, 0.29) is 0 Å². The van der Waals surface area contributed by atoms with Gasteiger partial charge >= 0.3 is 0 Å². The number of rotatable bonds is 6. The highest BCUT2D eigenvalue weighted by Crippen LogP contribution is 2.42. The first-order valence-corrected chi connectivity index (χ1v) is 13.1. The molecule has 3 N–H and O–H groups in total. The van der Waals surface area contributed by atoms with Crippen molar-refractivity contribution in [3.63, 3.8) is 0 Å². The lowest BCUT2D eigenvalue weighted by atomic mass is 9.67. The topological polar surface area (TPSA) is 36.1 Å². The van der Waals surface area contributed by atoms with Crippen LogP contribution in [0, 0.1) is 23.7 Å². The molecule has 2 heterocycles. The van der Waals surface area contributed by atoms with E-state index in [2.05, 4.69) is 43.6 Å². The molecule has 168 valence electrons. The molecule has 6 atom stereocenters. The van der Waals surface area contributed by atoms with Gasteiger partial charge in [0.2, 0.25) is 0 Å². The lowest BCUT2D eigenvalue weighted by Gasteiger charge is -2.50. The Kier molecular flexibility index (Phi) is 6.98. The van der Waals surface area contributed by atoms with Crippen molar-refractivity contribution in [2.75, 3.05) is 13.1 Å². The maximum Gasteiger partial charge on any atom is 0.0130 e. The smallest absolute Gasteiger partial charge is 0.0130 e. The van der Waals surface area contributed by atoms with Crippen LogP contribution >= 0.6 is 0 Å². The number of nitrogens with one attached hydrogen (secondary N) is 3. The molecule has 0 amide bonds. The molecule has 6 unspecified atom stereocenters. The molecule has 29 heavy (non-hydrogen) atoms. The summed E-state index contributed by atoms with van der Waals surface area (Å²) in [7, 11) is 0. The van der Waals surface area contributed by atoms with Crippen molar-refractivity contribution in [1.29, 1.82) is 0 Å². The molecule has 2 aliphatic carbocycles. The summed E-state index contributed by atoms with van der Waals surface area (Å²) in [6.07, 6.45) is 17.0. The van der Waals surface area contributed by atoms with Gasteiger partial charge in [-0.15, -0.1) is 0 Å². The van der Waals surface area contributed by atoms with E-state index in [4.69, 9.17) is 0 Å². The van der Waals surface area contributed by atoms with Crippen molar-refractivity contribution < 1.29 is 0 Å². The lowest BCUT2D eigenvalue weighted by molar-refractivity contribution is 0.0654. The van der Waals surface area contributed by atoms with Gasteiger partial charge in [0.25, 0.3) is 0 Å². The Morgan fingerprint density at radius 1 is 0.655 bits per heavy atom. The predicted molar refractivity (Wildman–Crippen MR) is 124 cm³/mol. The van der Waals surface area contributed by atoms with Gasteiger partial charge in [-0.3, -0.25) is 0 Å². The molecule has 0 bridgehead atoms. The van der Waals surface area contributed by atoms with Gasteiger partial charge in [0.15, 0.2) is 0 Å². The zero-order valence-electron chi connectivity index (χ0n) is 19.9. The summed E-state index contributed by atoms with van der Waals surface area (Å²) in [5.74, 6) is 3.72. The molecule has 3 nitrogen and oxygen atoms in total. The summed E-state index contributed by atoms with van der Waals surface area (Å²) < 4.78 is 0. The molecule has 0 spiro atoms. The first-order valence-electron chi connectivity index (χ1n) is 13.1. The van der Waals surface area contributed by atoms with E-state index < -0.39 is 0 Å². The van der Waals surface area contributed by atoms with Crippen LogP contribution in [0.4, 0.5) is 0 Å². The van der Waals surface area contributed by atoms with Crippen molar-refractivity contribution in [3.8, 4) is 0 Å². The van der Waals surface area contributed by atoms with Crippen molar-refractivity contribution in [3.05, 3.63) is 0 Å². The van der Waals surface area contributed by atoms with Crippen LogP contribution in [0.2, 0.25) is 0 Å². The van der Waals surface area contributed by atoms with Gasteiger partial charge < -0.3 is 16.0 Å². The van der Waals surface area contributed by atoms with Gasteiger partial charge in [0, 0.05) is 23.2 Å². The summed E-state index contributed by atoms with van der Waals surface area (Å²) in [6, 6.07) is 1.58. The van der Waals surface area contributed by atoms with Gasteiger partial charge in [-0.05, 0) is 116 Å². The highest BCUT2D eigenvalue weighted by molar-refractivity contribution is 4.99. The molecule has 4 fully saturated rings. The van der Waals surface area contributed by atoms with E-state index in [1.54, 1.807) is 0 Å². The summed E-state index contributed by atoms with van der Waals surface area (Å²) in [5.41, 5.74) is 0.666. The van der Waals surface area contributed by atoms with Gasteiger partial charge in [-0.1, -0.05) is 25.7 Å². The van der Waals surface area contributed by atoms with E-state index >= 15 is 0 Å². The van der Waals surface area contributed by atoms with Gasteiger partial charge in [0.1, 0.15) is 0 Å². The Labute approximate surface area is 180 Å². The standard InChI is InChI=1S/C26H49N3/c1-25(2)17-19(21-9-5-7-11-23(21)28-25)13-15-27-16-14-20-18-26(3,4)29-24-12-8-6-10-22(20)24/h19-24,27-29H,5-18H2,1-4H3. The van der Waals surface area contributed by atoms with E-state index in [0.717, 1.165) is 35.8 Å². The molecule has 2 saturated heterocycles. The van der Waals surface area contributed by atoms with E-state index in [1.165, 1.54) is 90.1 Å². The molecule has 0 radical (unpaired) electrons. The number of hydrogen-bond donors (Lipinski definition) is 3. The largest absolute Gasteiger partial charge is 0.317 e. The average molecular weight is 404 g/mol. The molecule has 0 aromatic carbocycles. The third kappa shape index (κ3) is 5.57. The van der Waals surface area contributed by atoms with E-state index in [9.17, 15) is 0 Å². The normalized spacial score (nSPS) is 41.4. The quantitative estimate of drug-likeness (QED) is 0.530. The van der Waals surface area contributed by atoms with Crippen molar-refractivity contribution in [2.45, 2.75) is 128 Å². The number of fused-ring (bicyclic) bond motifs is 2. The lowest BCUT2D eigenvalue weighted by Crippen LogP contribution is -2.58. The zero-order chi connectivity index (χ0) is 20.5. The van der Waals surface area contributed by atoms with Crippen LogP contribution in [-0.2, 0) is 0 Å². The minimum Gasteiger partial charge on any atom is -0.317 e. The van der Waals surface area contributed by atoms with Crippen LogP contribution in [0.25, 0.3) is 0 Å². The molecule has 3 heteroatoms. The summed E-state index contributed by atoms with van der Waals surface area (Å²) >= 11 is 0. The molecular formula is C26H49N3. The van der Waals surface area contributed by atoms with Crippen LogP contribution in [-0.4, -0.2) is 36.3 Å². The van der Waals surface area contributed by atoms with Crippen LogP contribution < -0.4 is 16.0 Å². The van der Waals surface area contributed by atoms with Crippen molar-refractivity contribution >= 4 is 0 Å². The van der Waals surface area contributed by atoms with Crippen molar-refractivity contribution in [2.24, 2.45) is 23.7 Å². The Morgan fingerprint density at radius 2 is 1.07 bits per heavy atom. The molecule has 0 aromatic rings. The third-order valence-corrected chi connectivity index (χ3v) is 8.93. The maximum absolute atomic E-state index is 3.98. The number of piperidine rings is 2. The van der Waals surface area contributed by atoms with Crippen LogP contribution in [0.5, 0.6) is 0 Å². The Balaban J connectivity index is 1.23. The van der Waals surface area contributed by atoms with Gasteiger partial charge in [-0.25, -0.2) is 0 Å². The van der Waals surface area contributed by atoms with Crippen LogP contribution in [0.1, 0.15) is 105 Å². The Morgan fingerprint density at radius 3 is 1.52 bits per heavy atom. The molecule has 0 aromatic heterocycles. The number of hydrogen-bond acceptors (Lipinski definition) is 3. The van der Waals surface area contributed by atoms with Crippen LogP contribution in [0.15, 0.2) is 0 Å². The summed E-state index contributed by atoms with van der Waals surface area (Å²) in [6.45, 7) is 12.2. The van der Waals surface area contributed by atoms with Crippen molar-refractivity contribution in [1.82, 2.24) is 16.0 Å². The fourth-order valence-electron chi connectivity index (χ4n) is 7.87. The summed E-state index contributed by atoms with van der Waals surface area (Å²) in [5, 5.41) is 11.8. The highest BCUT2D eigenvalue weighted by atomic mass is 15.0. The van der Waals surface area contributed by atoms with E-state index in [1.807, 2.05) is 0 Å². The Bertz CT molecular complexity index is 482. The van der Waals surface area contributed by atoms with Crippen LogP contribution in [0.3, 0.4) is 0 Å². The molecule has 4 aliphatic rings. The highest BCUT2D eigenvalue weighted by Gasteiger charge is 2.42. The minimum atomic E-state index is 0.333. The maximum atomic E-state index is 3.98. The average Bonchev–Trinajstić information content (AvgIpc) is 2.65. The fourth-order valence-corrected chi connectivity index (χ4v) is 7.87. The molecule has 2 saturated carbocycles. The second-order valence-corrected chi connectivity index (χ2v) is 12.4. The van der Waals surface area contributed by atoms with Gasteiger partial charge in [-0.2, -0.15) is 0 Å². The second-order valence-electron chi connectivity index (χ2n) is 12.4. The first kappa shape index (κ1) is 22.1. The molecular weight excluding hydrogens is 354 g/mol. The fraction of sp³-hybridized carbons (Fsp3) is 1.00. The molecule has 4 rings (SSSR count). The monoisotopic (exact) mass is 403 g/mol. The SMILES string of the molecule is CC1(C)CC(CCNCCC2CC(C)(C)NC3CCCCC23)C2CCCCC2N1. The predicted octanol–water partition coefficient (Wildman–Crippen LogP) is 5.25. The second kappa shape index (κ2) is 9.17. The first-order chi connectivity index (χ1) is 13.8. The summed E-state index contributed by atoms with van der Waals surface area (Å²) in [4.78, 5) is 0. The minimum absolute atomic E-state index is 0.333. The Hall–Kier alpha value is -0.120. The third-order valence-electron chi connectivity index (χ3n) is 8.93. The van der Waals surface area contributed by atoms with Gasteiger partial charge in [0.05, 0.1) is 0 Å². The zero-order valence-corrected chi connectivity index (χ0v) is 19.9. The van der Waals surface area contributed by atoms with E-state index in [0.29, 0.717) is 11.1 Å². The molecule has 2 aliphatic heterocycles.